The smallest absolute Gasteiger partial charge is 0.410 e. The molecule has 1 fully saturated rings. The van der Waals surface area contributed by atoms with Gasteiger partial charge < -0.3 is 48.0 Å². The van der Waals surface area contributed by atoms with Gasteiger partial charge in [0.05, 0.1) is 32.1 Å². The number of halogens is 4. The number of rotatable bonds is 21. The minimum atomic E-state index is -0.328. The second-order valence-corrected chi connectivity index (χ2v) is 35.5. The lowest BCUT2D eigenvalue weighted by atomic mass is 9.96. The second kappa shape index (κ2) is 41.0. The van der Waals surface area contributed by atoms with Crippen molar-refractivity contribution in [3.8, 4) is 23.0 Å². The van der Waals surface area contributed by atoms with Crippen molar-refractivity contribution in [1.29, 1.82) is 0 Å². The van der Waals surface area contributed by atoms with Crippen LogP contribution in [0.4, 0.5) is 22.4 Å². The fraction of sp³-hybridized carbons (Fsp3) is 0.350. The van der Waals surface area contributed by atoms with Crippen LogP contribution in [0.1, 0.15) is 150 Å². The first-order valence-electron chi connectivity index (χ1n) is 47.2. The first kappa shape index (κ1) is 91.5. The summed E-state index contributed by atoms with van der Waals surface area (Å²) in [4.78, 5) is 76.1. The number of hydrogen-bond acceptors (Lipinski definition) is 23. The number of amides is 4. The molecule has 0 aliphatic carbocycles. The van der Waals surface area contributed by atoms with Gasteiger partial charge in [0, 0.05) is 199 Å². The van der Waals surface area contributed by atoms with Crippen molar-refractivity contribution in [2.75, 3.05) is 92.0 Å². The molecule has 1 saturated heterocycles. The predicted molar refractivity (Wildman–Crippen MR) is 504 cm³/mol. The molecule has 36 heteroatoms. The van der Waals surface area contributed by atoms with E-state index in [9.17, 15) is 36.7 Å². The van der Waals surface area contributed by atoms with E-state index >= 15 is 0 Å². The Hall–Kier alpha value is -15.2. The van der Waals surface area contributed by atoms with E-state index in [2.05, 4.69) is 69.6 Å². The minimum Gasteiger partial charge on any atom is -0.493 e. The zero-order valence-electron chi connectivity index (χ0n) is 77.1. The largest absolute Gasteiger partial charge is 0.493 e. The molecule has 0 unspecified atom stereocenters. The average Bonchev–Trinajstić information content (AvgIpc) is 1.76. The Kier molecular flexibility index (Phi) is 27.0. The topological polar surface area (TPSA) is 327 Å². The zero-order chi connectivity index (χ0) is 95.2. The van der Waals surface area contributed by atoms with Gasteiger partial charge in [-0.15, -0.1) is 40.8 Å². The molecule has 14 aromatic rings. The lowest BCUT2D eigenvalue weighted by molar-refractivity contribution is -0.138. The molecule has 4 amide bonds. The summed E-state index contributed by atoms with van der Waals surface area (Å²) in [6.45, 7) is 13.9. The Balaban J connectivity index is 0.000000114. The van der Waals surface area contributed by atoms with Gasteiger partial charge in [0.25, 0.3) is 5.91 Å². The van der Waals surface area contributed by atoms with E-state index in [1.54, 1.807) is 71.1 Å². The maximum atomic E-state index is 14.6. The Morgan fingerprint density at radius 3 is 1.12 bits per heavy atom. The van der Waals surface area contributed by atoms with Crippen LogP contribution in [0.3, 0.4) is 0 Å². The van der Waals surface area contributed by atoms with Crippen LogP contribution in [0.15, 0.2) is 172 Å². The summed E-state index contributed by atoms with van der Waals surface area (Å²) in [5, 5.41) is 38.1. The Morgan fingerprint density at radius 2 is 0.784 bits per heavy atom. The summed E-state index contributed by atoms with van der Waals surface area (Å²) in [6, 6.07) is 24.2. The SMILES string of the molecule is C=CC(=O)N1CC=C(c2cnc(CCc3c(F)ccc4c3CCO4)n3cnnc23)CC1.Cc1cc(C(=O)N2CC=C(c3cnc(CCc4c(F)ccc5c4CCO5)n4cnnc34)CC2)n(C)n1.O=C(C1CCOCC1)N1CC=C(c2cnc(CCc3c(F)ccc4c3CCO4)n3cnnc23)CC1.O=C(OCc1ccccc1)N1CC=C(c2cnc(CCc3c(F)ccc4c3CCO4)n3cnnc23)CC1. The van der Waals surface area contributed by atoms with Crippen molar-refractivity contribution in [2.45, 2.75) is 129 Å². The van der Waals surface area contributed by atoms with Gasteiger partial charge in [0.1, 0.15) is 107 Å². The molecule has 9 aliphatic heterocycles. The third-order valence-corrected chi connectivity index (χ3v) is 27.4. The van der Waals surface area contributed by atoms with Crippen molar-refractivity contribution >= 4 is 68.7 Å². The van der Waals surface area contributed by atoms with Crippen LogP contribution < -0.4 is 18.9 Å². The predicted octanol–water partition coefficient (Wildman–Crippen LogP) is 13.2. The van der Waals surface area contributed by atoms with Crippen molar-refractivity contribution in [2.24, 2.45) is 13.0 Å². The van der Waals surface area contributed by atoms with Crippen molar-refractivity contribution < 1.29 is 65.2 Å². The van der Waals surface area contributed by atoms with Crippen LogP contribution in [-0.2, 0) is 110 Å². The van der Waals surface area contributed by atoms with Gasteiger partial charge in [-0.2, -0.15) is 5.10 Å². The number of nitrogens with zero attached hydrogens (tertiary/aromatic N) is 22. The molecule has 5 aromatic carbocycles. The number of hydrogen-bond donors (Lipinski definition) is 0. The monoisotopic (exact) mass is 1880 g/mol. The number of aryl methyl sites for hydroxylation is 6. The molecule has 32 nitrogen and oxygen atoms in total. The van der Waals surface area contributed by atoms with E-state index in [0.29, 0.717) is 196 Å². The molecular weight excluding hydrogens is 1780 g/mol. The highest BCUT2D eigenvalue weighted by Crippen LogP contribution is 2.39. The summed E-state index contributed by atoms with van der Waals surface area (Å²) < 4.78 is 101. The molecule has 0 N–H and O–H groups in total. The second-order valence-electron chi connectivity index (χ2n) is 35.5. The fourth-order valence-corrected chi connectivity index (χ4v) is 19.9. The first-order chi connectivity index (χ1) is 68.0. The van der Waals surface area contributed by atoms with Crippen LogP contribution in [0.5, 0.6) is 23.0 Å². The number of benzene rings is 5. The van der Waals surface area contributed by atoms with E-state index in [4.69, 9.17) is 43.4 Å². The lowest BCUT2D eigenvalue weighted by Crippen LogP contribution is -2.40. The Bertz CT molecular complexity index is 7200. The van der Waals surface area contributed by atoms with Gasteiger partial charge in [-0.3, -0.25) is 36.7 Å². The standard InChI is InChI=1S/C28H26FN5O3.C26H26FN7O2.C26H28FN5O3.C23H22FN5O2/c29-24-7-8-25-22(12-15-36-25)21(24)6-9-26-30-16-23(27-32-31-18-34(26)27)20-10-13-33(14-11-20)28(35)37-17-19-4-2-1-3-5-19;1-16-13-22(32(2)31-16)26(35)33-10-7-17(8-11-33)20-14-28-24(34-15-29-30-25(20)34)6-3-18-19-9-12-36-23(19)5-4-21(18)27;27-22-2-3-23-20(9-14-35-23)19(22)1-4-24-28-15-21(25-30-29-16-32(24)25)17-5-10-31(11-6-17)26(33)18-7-12-34-13-8-18;1-2-22(30)28-10-7-15(8-11-28)18-13-25-21(29-14-26-27-23(18)29)6-3-16-17-9-12-31-20(17)5-4-19(16)24/h1-5,7-8,10,16,18H,6,9,11-15,17H2;4-5,7,13-15H,3,6,8-12H2,1-2H3;2-3,5,15-16,18H,1,4,6-14H2;2,4-5,7,13-14H,1,3,6,8-12H2. The highest BCUT2D eigenvalue weighted by Gasteiger charge is 2.33. The number of aromatic nitrogens is 18. The van der Waals surface area contributed by atoms with E-state index in [-0.39, 0.29) is 59.6 Å². The number of carbonyl (C=O) groups excluding carboxylic acids is 4. The molecular formula is C103H102F4N22O10. The minimum absolute atomic E-state index is 0.0282. The van der Waals surface area contributed by atoms with Gasteiger partial charge in [-0.1, -0.05) is 61.2 Å². The molecule has 0 radical (unpaired) electrons. The molecule has 9 aliphatic rings. The lowest BCUT2D eigenvalue weighted by Gasteiger charge is -2.31. The summed E-state index contributed by atoms with van der Waals surface area (Å²) in [6.07, 6.45) is 34.8. The molecule has 0 saturated carbocycles. The summed E-state index contributed by atoms with van der Waals surface area (Å²) in [7, 11) is 1.79. The average molecular weight is 1880 g/mol. The third kappa shape index (κ3) is 19.4. The van der Waals surface area contributed by atoms with Crippen molar-refractivity contribution in [3.05, 3.63) is 302 Å². The number of fused-ring (bicyclic) bond motifs is 8. The quantitative estimate of drug-likeness (QED) is 0.0476. The van der Waals surface area contributed by atoms with Crippen LogP contribution in [-0.4, -0.2) is 224 Å². The van der Waals surface area contributed by atoms with E-state index in [1.165, 1.54) is 30.3 Å². The van der Waals surface area contributed by atoms with Gasteiger partial charge in [-0.05, 0) is 182 Å². The van der Waals surface area contributed by atoms with Crippen LogP contribution in [0.25, 0.3) is 44.9 Å². The van der Waals surface area contributed by atoms with Crippen LogP contribution >= 0.6 is 0 Å². The van der Waals surface area contributed by atoms with Crippen LogP contribution in [0.2, 0.25) is 0 Å². The molecule has 0 spiro atoms. The molecule has 23 rings (SSSR count). The molecule has 0 atom stereocenters. The number of carbonyl (C=O) groups is 4. The van der Waals surface area contributed by atoms with Gasteiger partial charge in [0.2, 0.25) is 11.8 Å². The van der Waals surface area contributed by atoms with Gasteiger partial charge in [-0.25, -0.2) is 42.3 Å². The van der Waals surface area contributed by atoms with E-state index in [1.807, 2.05) is 108 Å². The summed E-state index contributed by atoms with van der Waals surface area (Å²) in [5.41, 5.74) is 19.9. The van der Waals surface area contributed by atoms with Gasteiger partial charge >= 0.3 is 6.09 Å². The normalized spacial score (nSPS) is 16.0. The molecule has 139 heavy (non-hydrogen) atoms. The fourth-order valence-electron chi connectivity index (χ4n) is 19.9. The zero-order valence-corrected chi connectivity index (χ0v) is 77.1. The van der Waals surface area contributed by atoms with Crippen molar-refractivity contribution in [3.63, 3.8) is 0 Å². The van der Waals surface area contributed by atoms with Gasteiger partial charge in [0.15, 0.2) is 22.6 Å². The Labute approximate surface area is 796 Å². The van der Waals surface area contributed by atoms with E-state index in [0.717, 1.165) is 186 Å². The molecule has 18 heterocycles. The third-order valence-electron chi connectivity index (χ3n) is 27.4. The van der Waals surface area contributed by atoms with Crippen LogP contribution in [0, 0.1) is 36.1 Å². The summed E-state index contributed by atoms with van der Waals surface area (Å²) >= 11 is 0. The highest BCUT2D eigenvalue weighted by molar-refractivity contribution is 5.94. The molecule has 712 valence electrons. The highest BCUT2D eigenvalue weighted by atomic mass is 19.1. The maximum Gasteiger partial charge on any atom is 0.410 e. The van der Waals surface area contributed by atoms with Crippen molar-refractivity contribution in [1.82, 2.24) is 108 Å². The Morgan fingerprint density at radius 1 is 0.432 bits per heavy atom. The summed E-state index contributed by atoms with van der Waals surface area (Å²) in [5.74, 6) is 5.62. The maximum absolute atomic E-state index is 14.6. The number of ether oxygens (including phenoxy) is 6. The molecule has 9 aromatic heterocycles. The first-order valence-corrected chi connectivity index (χ1v) is 47.2. The molecule has 0 bridgehead atoms. The van der Waals surface area contributed by atoms with E-state index < -0.39 is 0 Å².